The summed E-state index contributed by atoms with van der Waals surface area (Å²) in [7, 11) is 0. The summed E-state index contributed by atoms with van der Waals surface area (Å²) in [5, 5.41) is 26.0. The third-order valence-corrected chi connectivity index (χ3v) is 8.61. The van der Waals surface area contributed by atoms with Crippen LogP contribution in [-0.4, -0.2) is 118 Å². The molecule has 0 unspecified atom stereocenters. The van der Waals surface area contributed by atoms with Gasteiger partial charge in [-0.2, -0.15) is 0 Å². The summed E-state index contributed by atoms with van der Waals surface area (Å²) in [5.41, 5.74) is 0. The summed E-state index contributed by atoms with van der Waals surface area (Å²) in [6.45, 7) is 1.82. The van der Waals surface area contributed by atoms with Gasteiger partial charge in [-0.1, -0.05) is 103 Å². The van der Waals surface area contributed by atoms with Crippen molar-refractivity contribution in [3.63, 3.8) is 0 Å². The molecule has 0 aromatic rings. The van der Waals surface area contributed by atoms with Crippen LogP contribution < -0.4 is 16.0 Å². The summed E-state index contributed by atoms with van der Waals surface area (Å²) in [4.78, 5) is 68.3. The fourth-order valence-corrected chi connectivity index (χ4v) is 5.57. The van der Waals surface area contributed by atoms with E-state index in [9.17, 15) is 33.9 Å². The molecule has 0 aliphatic heterocycles. The number of hydrogen-bond acceptors (Lipinski definition) is 10. The van der Waals surface area contributed by atoms with Crippen LogP contribution in [0.4, 0.5) is 0 Å². The monoisotopic (exact) mass is 772 g/mol. The molecule has 0 aliphatic rings. The highest BCUT2D eigenvalue weighted by Gasteiger charge is 2.20. The van der Waals surface area contributed by atoms with E-state index >= 15 is 0 Å². The lowest BCUT2D eigenvalue weighted by atomic mass is 10.0. The smallest absolute Gasteiger partial charge is 0.326 e. The minimum absolute atomic E-state index is 0.0106. The van der Waals surface area contributed by atoms with Crippen LogP contribution in [0.25, 0.3) is 0 Å². The first kappa shape index (κ1) is 50.9. The van der Waals surface area contributed by atoms with E-state index in [-0.39, 0.29) is 83.2 Å². The first-order valence-corrected chi connectivity index (χ1v) is 20.2. The maximum absolute atomic E-state index is 12.3. The van der Waals surface area contributed by atoms with Crippen molar-refractivity contribution in [3.8, 4) is 0 Å². The molecule has 0 aromatic carbocycles. The van der Waals surface area contributed by atoms with E-state index in [2.05, 4.69) is 16.0 Å². The lowest BCUT2D eigenvalue weighted by molar-refractivity contribution is -0.142. The van der Waals surface area contributed by atoms with Crippen LogP contribution in [0.3, 0.4) is 0 Å². The third kappa shape index (κ3) is 38.6. The molecule has 0 saturated heterocycles. The molecule has 0 aromatic heterocycles. The van der Waals surface area contributed by atoms with Crippen LogP contribution in [-0.2, 0) is 47.7 Å². The SMILES string of the molecule is O=[C]COCCOCCNC(=O)COCCOCCNC(=O)CC[C@H](NC(=O)CCCCCCCCCCCCCCCCCCCCC(=O)O)C(=O)O. The van der Waals surface area contributed by atoms with Crippen LogP contribution in [0.5, 0.6) is 0 Å². The molecular formula is C39H70N3O12. The summed E-state index contributed by atoms with van der Waals surface area (Å²) < 4.78 is 20.7. The molecule has 1 atom stereocenters. The molecule has 3 amide bonds. The molecule has 0 saturated carbocycles. The van der Waals surface area contributed by atoms with E-state index in [0.29, 0.717) is 32.6 Å². The van der Waals surface area contributed by atoms with Crippen molar-refractivity contribution in [1.29, 1.82) is 0 Å². The average Bonchev–Trinajstić information content (AvgIpc) is 3.14. The largest absolute Gasteiger partial charge is 0.481 e. The Morgan fingerprint density at radius 1 is 0.481 bits per heavy atom. The number of rotatable bonds is 42. The van der Waals surface area contributed by atoms with Gasteiger partial charge in [0, 0.05) is 32.4 Å². The highest BCUT2D eigenvalue weighted by Crippen LogP contribution is 2.15. The zero-order valence-electron chi connectivity index (χ0n) is 32.7. The summed E-state index contributed by atoms with van der Waals surface area (Å²) >= 11 is 0. The molecule has 0 fully saturated rings. The number of amides is 3. The topological polar surface area (TPSA) is 216 Å². The van der Waals surface area contributed by atoms with Crippen LogP contribution >= 0.6 is 0 Å². The van der Waals surface area contributed by atoms with Crippen molar-refractivity contribution in [2.24, 2.45) is 0 Å². The lowest BCUT2D eigenvalue weighted by Crippen LogP contribution is -2.41. The first-order chi connectivity index (χ1) is 26.3. The van der Waals surface area contributed by atoms with Gasteiger partial charge in [0.2, 0.25) is 24.0 Å². The summed E-state index contributed by atoms with van der Waals surface area (Å²) in [6, 6.07) is -1.12. The molecule has 1 radical (unpaired) electrons. The quantitative estimate of drug-likeness (QED) is 0.0537. The zero-order valence-corrected chi connectivity index (χ0v) is 32.7. The number of carboxylic acid groups (broad SMARTS) is 2. The molecule has 15 heteroatoms. The molecule has 313 valence electrons. The fraction of sp³-hybridized carbons (Fsp3) is 0.846. The molecule has 0 aliphatic carbocycles. The van der Waals surface area contributed by atoms with Gasteiger partial charge in [-0.3, -0.25) is 24.0 Å². The second-order valence-electron chi connectivity index (χ2n) is 13.4. The number of unbranched alkanes of at least 4 members (excludes halogenated alkanes) is 17. The Morgan fingerprint density at radius 3 is 1.37 bits per heavy atom. The highest BCUT2D eigenvalue weighted by atomic mass is 16.5. The third-order valence-electron chi connectivity index (χ3n) is 8.61. The van der Waals surface area contributed by atoms with Crippen molar-refractivity contribution >= 4 is 35.9 Å². The van der Waals surface area contributed by atoms with Gasteiger partial charge in [-0.25, -0.2) is 4.79 Å². The summed E-state index contributed by atoms with van der Waals surface area (Å²) in [6.07, 6.45) is 22.9. The van der Waals surface area contributed by atoms with Crippen LogP contribution in [0, 0.1) is 0 Å². The second-order valence-corrected chi connectivity index (χ2v) is 13.4. The van der Waals surface area contributed by atoms with Gasteiger partial charge in [0.05, 0.1) is 39.6 Å². The van der Waals surface area contributed by atoms with Crippen LogP contribution in [0.2, 0.25) is 0 Å². The second kappa shape index (κ2) is 39.6. The van der Waals surface area contributed by atoms with Crippen molar-refractivity contribution in [2.45, 2.75) is 147 Å². The van der Waals surface area contributed by atoms with E-state index in [1.807, 2.05) is 0 Å². The number of aliphatic carboxylic acids is 2. The van der Waals surface area contributed by atoms with E-state index in [1.165, 1.54) is 70.6 Å². The number of carbonyl (C=O) groups is 5. The predicted molar refractivity (Wildman–Crippen MR) is 204 cm³/mol. The molecule has 54 heavy (non-hydrogen) atoms. The van der Waals surface area contributed by atoms with Gasteiger partial charge in [0.25, 0.3) is 0 Å². The average molecular weight is 773 g/mol. The van der Waals surface area contributed by atoms with Crippen molar-refractivity contribution < 1.29 is 57.9 Å². The van der Waals surface area contributed by atoms with Crippen LogP contribution in [0.15, 0.2) is 0 Å². The van der Waals surface area contributed by atoms with E-state index in [1.54, 1.807) is 6.29 Å². The number of carboxylic acids is 2. The molecule has 15 nitrogen and oxygen atoms in total. The fourth-order valence-electron chi connectivity index (χ4n) is 5.57. The number of carbonyl (C=O) groups excluding carboxylic acids is 4. The van der Waals surface area contributed by atoms with Crippen LogP contribution in [0.1, 0.15) is 141 Å². The van der Waals surface area contributed by atoms with E-state index < -0.39 is 18.0 Å². The van der Waals surface area contributed by atoms with Gasteiger partial charge in [-0.15, -0.1) is 0 Å². The van der Waals surface area contributed by atoms with Gasteiger partial charge < -0.3 is 45.1 Å². The lowest BCUT2D eigenvalue weighted by Gasteiger charge is -2.14. The highest BCUT2D eigenvalue weighted by molar-refractivity contribution is 5.84. The Hall–Kier alpha value is -3.14. The molecular weight excluding hydrogens is 702 g/mol. The van der Waals surface area contributed by atoms with Crippen molar-refractivity contribution in [3.05, 3.63) is 0 Å². The molecule has 0 rings (SSSR count). The number of hydrogen-bond donors (Lipinski definition) is 5. The number of nitrogens with one attached hydrogen (secondary N) is 3. The van der Waals surface area contributed by atoms with Crippen molar-refractivity contribution in [1.82, 2.24) is 16.0 Å². The normalized spacial score (nSPS) is 11.6. The van der Waals surface area contributed by atoms with Gasteiger partial charge in [0.1, 0.15) is 19.3 Å². The van der Waals surface area contributed by atoms with Crippen molar-refractivity contribution in [2.75, 3.05) is 65.9 Å². The maximum Gasteiger partial charge on any atom is 0.326 e. The molecule has 0 bridgehead atoms. The minimum Gasteiger partial charge on any atom is -0.481 e. The van der Waals surface area contributed by atoms with Gasteiger partial charge >= 0.3 is 11.9 Å². The van der Waals surface area contributed by atoms with E-state index in [0.717, 1.165) is 38.5 Å². The standard InChI is InChI=1S/C39H70N3O12/c43-25-28-53-30-29-51-27-24-41-37(46)33-54-32-31-52-26-23-40-35(44)22-21-34(39(49)50)42-36(45)19-17-15-13-11-9-7-5-3-1-2-4-6-8-10-12-14-16-18-20-38(47)48/h34H,1-24,26-33H2,(H,40,44)(H,41,46)(H,42,45)(H,47,48)(H,49,50)/t34-/m0/s1. The zero-order chi connectivity index (χ0) is 39.7. The Morgan fingerprint density at radius 2 is 0.907 bits per heavy atom. The predicted octanol–water partition coefficient (Wildman–Crippen LogP) is 4.63. The molecule has 0 spiro atoms. The first-order valence-electron chi connectivity index (χ1n) is 20.2. The molecule has 5 N–H and O–H groups in total. The Bertz CT molecular complexity index is 969. The Kier molecular flexibility index (Phi) is 37.3. The Labute approximate surface area is 322 Å². The number of ether oxygens (including phenoxy) is 4. The molecule has 0 heterocycles. The van der Waals surface area contributed by atoms with Gasteiger partial charge in [-0.05, 0) is 19.3 Å². The Balaban J connectivity index is 3.61. The maximum atomic E-state index is 12.3. The minimum atomic E-state index is -1.17. The summed E-state index contributed by atoms with van der Waals surface area (Å²) in [5.74, 6) is -2.82. The van der Waals surface area contributed by atoms with Gasteiger partial charge in [0.15, 0.2) is 0 Å². The van der Waals surface area contributed by atoms with E-state index in [4.69, 9.17) is 24.1 Å².